The van der Waals surface area contributed by atoms with E-state index in [4.69, 9.17) is 22.6 Å². The highest BCUT2D eigenvalue weighted by Gasteiger charge is 2.38. The number of aliphatic hydroxyl groups excluding tert-OH is 1. The number of para-hydroxylation sites is 1. The third-order valence-electron chi connectivity index (χ3n) is 15.1. The number of aromatic amines is 1. The van der Waals surface area contributed by atoms with Crippen molar-refractivity contribution < 1.29 is 72.9 Å². The number of fused-ring (bicyclic) bond motifs is 1. The summed E-state index contributed by atoms with van der Waals surface area (Å²) < 4.78 is 0. The van der Waals surface area contributed by atoms with Gasteiger partial charge in [-0.05, 0) is 80.2 Å². The average Bonchev–Trinajstić information content (AvgIpc) is 4.38. The van der Waals surface area contributed by atoms with E-state index in [0.717, 1.165) is 56.9 Å². The number of benzene rings is 2. The number of carbonyl (C=O) groups is 12. The number of rotatable bonds is 36. The normalized spacial score (nSPS) is 16.2. The van der Waals surface area contributed by atoms with Gasteiger partial charge in [-0.1, -0.05) is 75.3 Å². The number of primary amides is 2. The number of carboxylic acids is 1. The number of H-pyrrole nitrogens is 1. The number of nitrogens with two attached hydrogens (primary N) is 3. The molecule has 21 N–H and O–H groups in total. The van der Waals surface area contributed by atoms with E-state index in [1.165, 1.54) is 24.3 Å². The molecule has 9 atom stereocenters. The number of aromatic nitrogens is 1. The number of hydrogen-bond donors (Lipinski definition) is 18. The third-order valence-corrected chi connectivity index (χ3v) is 15.1. The predicted molar refractivity (Wildman–Crippen MR) is 317 cm³/mol. The molecule has 11 amide bonds. The highest BCUT2D eigenvalue weighted by atomic mass is 16.4. The number of aliphatic hydroxyl groups is 1. The molecule has 88 heavy (non-hydrogen) atoms. The standard InChI is InChI=1S/C58H83N15O15/c1-30(74)49(73-56(87)45(27-46(59)77)71-53(84)40(20-21-48(79)80)69-54(85)43(66-31(2)75)24-34-16-18-36(76)19-17-34)57(88)72-42(23-32-9-4-3-5-10-32)51(82)65-29-47(78)67-44(25-33-14-15-33)55(86)68-39(13-8-22-63-58(61)62)52(83)70-41(50(60)81)26-35-28-64-38-12-7-6-11-37(35)38/h6-7,11-12,16-19,28,30,32-33,39-45,49,64,74,76H,3-5,8-10,13-15,20-27,29H2,1-2H3,(H2,59,77)(H2,60,81)(H,65,82)(H,66,75)(H,67,78)(H,68,86)(H,69,85)(H,70,83)(H,71,84)(H,72,88)(H,73,87)(H,79,80)(H4,61,62,63)/t30-,39+,40+,41+,42+,43-,44+,45+,49+/m1/s1. The average molecular weight is 1230 g/mol. The van der Waals surface area contributed by atoms with Gasteiger partial charge in [-0.3, -0.25) is 62.9 Å². The number of aliphatic carboxylic acids is 1. The maximum absolute atomic E-state index is 14.2. The number of carboxylic acid groups (broad SMARTS) is 1. The van der Waals surface area contributed by atoms with Crippen molar-refractivity contribution in [3.05, 3.63) is 65.9 Å². The van der Waals surface area contributed by atoms with Crippen LogP contribution in [-0.2, 0) is 70.4 Å². The van der Waals surface area contributed by atoms with Crippen LogP contribution in [0.3, 0.4) is 0 Å². The molecular formula is C58H83N15O15. The molecule has 0 aliphatic heterocycles. The summed E-state index contributed by atoms with van der Waals surface area (Å²) in [6.07, 6.45) is 3.64. The van der Waals surface area contributed by atoms with Crippen LogP contribution in [0.15, 0.2) is 54.7 Å². The number of phenols is 1. The van der Waals surface area contributed by atoms with Crippen molar-refractivity contribution in [1.82, 2.24) is 58.2 Å². The molecule has 0 saturated heterocycles. The molecule has 0 bridgehead atoms. The number of hydrogen-bond acceptors (Lipinski definition) is 15. The van der Waals surface area contributed by atoms with Crippen molar-refractivity contribution in [3.63, 3.8) is 0 Å². The van der Waals surface area contributed by atoms with Crippen LogP contribution in [0.4, 0.5) is 0 Å². The summed E-state index contributed by atoms with van der Waals surface area (Å²) in [5.41, 5.74) is 18.7. The monoisotopic (exact) mass is 1230 g/mol. The van der Waals surface area contributed by atoms with E-state index in [1.54, 1.807) is 6.20 Å². The third kappa shape index (κ3) is 23.5. The molecule has 0 spiro atoms. The maximum Gasteiger partial charge on any atom is 0.303 e. The Hall–Kier alpha value is -9.35. The zero-order chi connectivity index (χ0) is 64.6. The van der Waals surface area contributed by atoms with E-state index in [1.807, 2.05) is 24.3 Å². The summed E-state index contributed by atoms with van der Waals surface area (Å²) in [5, 5.41) is 63.5. The summed E-state index contributed by atoms with van der Waals surface area (Å²) in [6, 6.07) is 1.15. The van der Waals surface area contributed by atoms with Gasteiger partial charge in [0.25, 0.3) is 0 Å². The zero-order valence-corrected chi connectivity index (χ0v) is 49.2. The van der Waals surface area contributed by atoms with Crippen molar-refractivity contribution in [2.45, 2.75) is 171 Å². The lowest BCUT2D eigenvalue weighted by Crippen LogP contribution is -2.61. The van der Waals surface area contributed by atoms with Gasteiger partial charge in [0, 0.05) is 49.8 Å². The van der Waals surface area contributed by atoms with Crippen molar-refractivity contribution in [2.75, 3.05) is 13.1 Å². The van der Waals surface area contributed by atoms with Gasteiger partial charge < -0.3 is 90.7 Å². The molecule has 2 aliphatic carbocycles. The Kier molecular flexibility index (Phi) is 26.9. The molecule has 5 rings (SSSR count). The number of aromatic hydroxyl groups is 1. The van der Waals surface area contributed by atoms with Crippen LogP contribution >= 0.6 is 0 Å². The first kappa shape index (κ1) is 69.4. The first-order chi connectivity index (χ1) is 41.8. The van der Waals surface area contributed by atoms with Gasteiger partial charge in [-0.25, -0.2) is 0 Å². The van der Waals surface area contributed by atoms with Gasteiger partial charge in [0.2, 0.25) is 65.0 Å². The second kappa shape index (κ2) is 34.1. The lowest BCUT2D eigenvalue weighted by molar-refractivity contribution is -0.139. The van der Waals surface area contributed by atoms with Gasteiger partial charge in [0.15, 0.2) is 5.96 Å². The predicted octanol–water partition coefficient (Wildman–Crippen LogP) is -2.69. The molecule has 30 heteroatoms. The smallest absolute Gasteiger partial charge is 0.303 e. The quantitative estimate of drug-likeness (QED) is 0.0160. The minimum absolute atomic E-state index is 0.000876. The van der Waals surface area contributed by atoms with Gasteiger partial charge in [0.1, 0.15) is 54.1 Å². The van der Waals surface area contributed by atoms with E-state index < -0.39 is 151 Å². The van der Waals surface area contributed by atoms with E-state index in [9.17, 15) is 72.9 Å². The Balaban J connectivity index is 1.27. The van der Waals surface area contributed by atoms with Crippen molar-refractivity contribution in [3.8, 4) is 5.75 Å². The molecule has 2 aromatic carbocycles. The molecule has 0 radical (unpaired) electrons. The van der Waals surface area contributed by atoms with Crippen LogP contribution < -0.4 is 70.4 Å². The van der Waals surface area contributed by atoms with Gasteiger partial charge in [-0.2, -0.15) is 0 Å². The molecule has 1 heterocycles. The van der Waals surface area contributed by atoms with Crippen molar-refractivity contribution >= 4 is 87.8 Å². The van der Waals surface area contributed by atoms with Gasteiger partial charge in [-0.15, -0.1) is 0 Å². The molecule has 0 unspecified atom stereocenters. The number of amides is 11. The Morgan fingerprint density at radius 2 is 1.17 bits per heavy atom. The topological polar surface area (TPSA) is 504 Å². The molecule has 1 aromatic heterocycles. The van der Waals surface area contributed by atoms with Crippen molar-refractivity contribution in [1.29, 1.82) is 5.41 Å². The number of carbonyl (C=O) groups excluding carboxylic acids is 11. The minimum Gasteiger partial charge on any atom is -0.508 e. The summed E-state index contributed by atoms with van der Waals surface area (Å²) in [5.74, 6) is -12.1. The van der Waals surface area contributed by atoms with Crippen LogP contribution in [0.5, 0.6) is 5.75 Å². The lowest BCUT2D eigenvalue weighted by atomic mass is 9.84. The van der Waals surface area contributed by atoms with E-state index in [-0.39, 0.29) is 68.6 Å². The molecule has 2 aliphatic rings. The van der Waals surface area contributed by atoms with Gasteiger partial charge in [0.05, 0.1) is 19.1 Å². The fourth-order valence-corrected chi connectivity index (χ4v) is 10.3. The minimum atomic E-state index is -1.90. The van der Waals surface area contributed by atoms with E-state index in [0.29, 0.717) is 24.0 Å². The molecule has 3 aromatic rings. The van der Waals surface area contributed by atoms with Crippen LogP contribution in [0.2, 0.25) is 0 Å². The van der Waals surface area contributed by atoms with Crippen LogP contribution in [-0.4, -0.2) is 165 Å². The van der Waals surface area contributed by atoms with Crippen LogP contribution in [0.1, 0.15) is 115 Å². The number of phenolic OH excluding ortho intramolecular Hbond substituents is 1. The number of nitrogens with one attached hydrogen (secondary N) is 12. The largest absolute Gasteiger partial charge is 0.508 e. The Morgan fingerprint density at radius 3 is 1.76 bits per heavy atom. The van der Waals surface area contributed by atoms with E-state index >= 15 is 0 Å². The zero-order valence-electron chi connectivity index (χ0n) is 49.2. The Morgan fingerprint density at radius 1 is 0.614 bits per heavy atom. The van der Waals surface area contributed by atoms with Crippen molar-refractivity contribution in [2.24, 2.45) is 29.0 Å². The molecule has 480 valence electrons. The Bertz CT molecular complexity index is 2980. The second-order valence-electron chi connectivity index (χ2n) is 22.5. The molecule has 2 fully saturated rings. The molecule has 2 saturated carbocycles. The first-order valence-electron chi connectivity index (χ1n) is 29.3. The Labute approximate surface area is 507 Å². The molecular weight excluding hydrogens is 1150 g/mol. The second-order valence-corrected chi connectivity index (χ2v) is 22.5. The lowest BCUT2D eigenvalue weighted by Gasteiger charge is -2.29. The van der Waals surface area contributed by atoms with Gasteiger partial charge >= 0.3 is 5.97 Å². The first-order valence-corrected chi connectivity index (χ1v) is 29.3. The highest BCUT2D eigenvalue weighted by Crippen LogP contribution is 2.34. The highest BCUT2D eigenvalue weighted by molar-refractivity contribution is 5.99. The molecule has 30 nitrogen and oxygen atoms in total. The maximum atomic E-state index is 14.2. The number of guanidine groups is 1. The summed E-state index contributed by atoms with van der Waals surface area (Å²) >= 11 is 0. The summed E-state index contributed by atoms with van der Waals surface area (Å²) in [4.78, 5) is 164. The fourth-order valence-electron chi connectivity index (χ4n) is 10.3. The SMILES string of the molecule is CC(=O)N[C@H](Cc1ccc(O)cc1)C(=O)N[C@@H](CCC(=O)O)C(=O)N[C@@H](CC(N)=O)C(=O)N[C@H](C(=O)N[C@@H](CC1CCCCC1)C(=O)NCC(=O)N[C@@H](CC1CC1)C(=O)N[C@@H](CCCNC(=N)N)C(=O)N[C@@H](Cc1c[nH]c2ccccc12)C(N)=O)[C@@H](C)O. The summed E-state index contributed by atoms with van der Waals surface area (Å²) in [7, 11) is 0. The summed E-state index contributed by atoms with van der Waals surface area (Å²) in [6.45, 7) is 1.71. The fraction of sp³-hybridized carbons (Fsp3) is 0.534. The van der Waals surface area contributed by atoms with Crippen LogP contribution in [0, 0.1) is 17.2 Å². The van der Waals surface area contributed by atoms with Crippen LogP contribution in [0.25, 0.3) is 10.9 Å². The van der Waals surface area contributed by atoms with E-state index in [2.05, 4.69) is 58.2 Å².